The van der Waals surface area contributed by atoms with Crippen LogP contribution < -0.4 is 0 Å². The second-order valence-corrected chi connectivity index (χ2v) is 2.45. The van der Waals surface area contributed by atoms with Crippen molar-refractivity contribution in [3.63, 3.8) is 0 Å². The predicted octanol–water partition coefficient (Wildman–Crippen LogP) is 1.70. The van der Waals surface area contributed by atoms with E-state index in [9.17, 15) is 13.2 Å². The molecular weight excluding hydrogens is 161 g/mol. The maximum Gasteiger partial charge on any atom is 0.522 e. The Kier molecular flexibility index (Phi) is 2.39. The van der Waals surface area contributed by atoms with Gasteiger partial charge in [0.15, 0.2) is 0 Å². The van der Waals surface area contributed by atoms with E-state index in [1.54, 1.807) is 0 Å². The fourth-order valence-electron chi connectivity index (χ4n) is 1.01. The van der Waals surface area contributed by atoms with Crippen LogP contribution >= 0.6 is 0 Å². The molecule has 1 rings (SSSR count). The van der Waals surface area contributed by atoms with E-state index in [2.05, 4.69) is 4.74 Å². The number of rotatable bonds is 2. The summed E-state index contributed by atoms with van der Waals surface area (Å²) in [4.78, 5) is 0. The number of ether oxygens (including phenoxy) is 2. The first-order chi connectivity index (χ1) is 5.03. The summed E-state index contributed by atoms with van der Waals surface area (Å²) in [6.07, 6.45) is -4.62. The molecule has 2 nitrogen and oxygen atoms in total. The Hall–Kier alpha value is -0.290. The Morgan fingerprint density at radius 1 is 1.18 bits per heavy atom. The molecule has 0 saturated heterocycles. The molecule has 0 bridgehead atoms. The quantitative estimate of drug-likeness (QED) is 0.628. The van der Waals surface area contributed by atoms with Crippen molar-refractivity contribution in [1.29, 1.82) is 0 Å². The van der Waals surface area contributed by atoms with E-state index >= 15 is 0 Å². The first kappa shape index (κ1) is 8.80. The zero-order valence-electron chi connectivity index (χ0n) is 6.02. The fraction of sp³-hybridized carbons (Fsp3) is 1.00. The van der Waals surface area contributed by atoms with Crippen LogP contribution in [0.25, 0.3) is 0 Å². The Morgan fingerprint density at radius 2 is 1.73 bits per heavy atom. The summed E-state index contributed by atoms with van der Waals surface area (Å²) in [7, 11) is 1.39. The third kappa shape index (κ3) is 2.34. The summed E-state index contributed by atoms with van der Waals surface area (Å²) in [5, 5.41) is 0. The first-order valence-corrected chi connectivity index (χ1v) is 3.30. The van der Waals surface area contributed by atoms with E-state index in [4.69, 9.17) is 4.74 Å². The highest BCUT2D eigenvalue weighted by Gasteiger charge is 2.41. The van der Waals surface area contributed by atoms with Crippen LogP contribution in [0.2, 0.25) is 0 Å². The second kappa shape index (κ2) is 2.98. The van der Waals surface area contributed by atoms with Gasteiger partial charge in [0.25, 0.3) is 0 Å². The highest BCUT2D eigenvalue weighted by atomic mass is 19.4. The number of methoxy groups -OCH3 is 1. The van der Waals surface area contributed by atoms with Crippen LogP contribution in [0.15, 0.2) is 0 Å². The molecule has 5 heteroatoms. The van der Waals surface area contributed by atoms with Crippen molar-refractivity contribution in [3.05, 3.63) is 0 Å². The highest BCUT2D eigenvalue weighted by molar-refractivity contribution is 4.82. The third-order valence-electron chi connectivity index (χ3n) is 1.74. The molecule has 2 unspecified atom stereocenters. The van der Waals surface area contributed by atoms with Gasteiger partial charge in [0, 0.05) is 7.11 Å². The summed E-state index contributed by atoms with van der Waals surface area (Å²) < 4.78 is 43.1. The highest BCUT2D eigenvalue weighted by Crippen LogP contribution is 2.31. The van der Waals surface area contributed by atoms with E-state index in [0.717, 1.165) is 0 Å². The van der Waals surface area contributed by atoms with Crippen molar-refractivity contribution < 1.29 is 22.6 Å². The average Bonchev–Trinajstić information content (AvgIpc) is 1.80. The molecule has 1 saturated carbocycles. The van der Waals surface area contributed by atoms with Crippen LogP contribution in [0.5, 0.6) is 0 Å². The van der Waals surface area contributed by atoms with Crippen LogP contribution in [0.4, 0.5) is 13.2 Å². The SMILES string of the molecule is COC1CCC1OC(F)(F)F. The van der Waals surface area contributed by atoms with Gasteiger partial charge in [-0.1, -0.05) is 0 Å². The maximum atomic E-state index is 11.6. The van der Waals surface area contributed by atoms with Gasteiger partial charge in [-0.3, -0.25) is 4.74 Å². The number of hydrogen-bond acceptors (Lipinski definition) is 2. The van der Waals surface area contributed by atoms with E-state index in [1.807, 2.05) is 0 Å². The molecule has 0 aromatic carbocycles. The standard InChI is InChI=1S/C6H9F3O2/c1-10-4-2-3-5(4)11-6(7,8)9/h4-5H,2-3H2,1H3. The monoisotopic (exact) mass is 170 g/mol. The Balaban J connectivity index is 2.27. The predicted molar refractivity (Wildman–Crippen MR) is 31.0 cm³/mol. The summed E-state index contributed by atoms with van der Waals surface area (Å²) in [6.45, 7) is 0. The van der Waals surface area contributed by atoms with Gasteiger partial charge in [0.1, 0.15) is 0 Å². The summed E-state index contributed by atoms with van der Waals surface area (Å²) in [6, 6.07) is 0. The molecule has 1 fully saturated rings. The van der Waals surface area contributed by atoms with Crippen molar-refractivity contribution in [2.24, 2.45) is 0 Å². The number of halogens is 3. The average molecular weight is 170 g/mol. The van der Waals surface area contributed by atoms with Gasteiger partial charge in [0.2, 0.25) is 0 Å². The van der Waals surface area contributed by atoms with Gasteiger partial charge in [-0.2, -0.15) is 0 Å². The van der Waals surface area contributed by atoms with Gasteiger partial charge in [-0.15, -0.1) is 13.2 Å². The van der Waals surface area contributed by atoms with Crippen LogP contribution in [0, 0.1) is 0 Å². The fourth-order valence-corrected chi connectivity index (χ4v) is 1.01. The van der Waals surface area contributed by atoms with Crippen molar-refractivity contribution in [2.75, 3.05) is 7.11 Å². The molecule has 0 amide bonds. The zero-order valence-corrected chi connectivity index (χ0v) is 6.02. The first-order valence-electron chi connectivity index (χ1n) is 3.30. The Morgan fingerprint density at radius 3 is 2.00 bits per heavy atom. The summed E-state index contributed by atoms with van der Waals surface area (Å²) >= 11 is 0. The summed E-state index contributed by atoms with van der Waals surface area (Å²) in [5.41, 5.74) is 0. The van der Waals surface area contributed by atoms with E-state index in [0.29, 0.717) is 12.8 Å². The molecular formula is C6H9F3O2. The lowest BCUT2D eigenvalue weighted by molar-refractivity contribution is -0.363. The minimum atomic E-state index is -4.53. The molecule has 1 aliphatic carbocycles. The minimum Gasteiger partial charge on any atom is -0.379 e. The lowest BCUT2D eigenvalue weighted by Crippen LogP contribution is -2.43. The molecule has 11 heavy (non-hydrogen) atoms. The molecule has 1 aliphatic rings. The number of alkyl halides is 3. The minimum absolute atomic E-state index is 0.378. The molecule has 66 valence electrons. The Bertz CT molecular complexity index is 132. The lowest BCUT2D eigenvalue weighted by Gasteiger charge is -2.35. The van der Waals surface area contributed by atoms with E-state index in [-0.39, 0.29) is 6.10 Å². The molecule has 0 radical (unpaired) electrons. The van der Waals surface area contributed by atoms with Crippen molar-refractivity contribution in [3.8, 4) is 0 Å². The van der Waals surface area contributed by atoms with Gasteiger partial charge in [-0.25, -0.2) is 0 Å². The molecule has 0 heterocycles. The number of hydrogen-bond donors (Lipinski definition) is 0. The maximum absolute atomic E-state index is 11.6. The van der Waals surface area contributed by atoms with Crippen LogP contribution in [0.3, 0.4) is 0 Å². The summed E-state index contributed by atoms with van der Waals surface area (Å²) in [5.74, 6) is 0. The Labute approximate surface area is 62.3 Å². The molecule has 0 aliphatic heterocycles. The van der Waals surface area contributed by atoms with E-state index < -0.39 is 12.5 Å². The molecule has 0 spiro atoms. The molecule has 0 N–H and O–H groups in total. The second-order valence-electron chi connectivity index (χ2n) is 2.45. The van der Waals surface area contributed by atoms with Gasteiger partial charge in [-0.05, 0) is 12.8 Å². The van der Waals surface area contributed by atoms with E-state index in [1.165, 1.54) is 7.11 Å². The smallest absolute Gasteiger partial charge is 0.379 e. The normalized spacial score (nSPS) is 31.6. The van der Waals surface area contributed by atoms with Gasteiger partial charge in [0.05, 0.1) is 12.2 Å². The molecule has 0 aromatic rings. The van der Waals surface area contributed by atoms with Crippen molar-refractivity contribution in [2.45, 2.75) is 31.4 Å². The van der Waals surface area contributed by atoms with Gasteiger partial charge < -0.3 is 4.74 Å². The van der Waals surface area contributed by atoms with Crippen molar-refractivity contribution >= 4 is 0 Å². The van der Waals surface area contributed by atoms with Gasteiger partial charge >= 0.3 is 6.36 Å². The largest absolute Gasteiger partial charge is 0.522 e. The van der Waals surface area contributed by atoms with Crippen LogP contribution in [-0.4, -0.2) is 25.7 Å². The lowest BCUT2D eigenvalue weighted by atomic mass is 9.92. The zero-order chi connectivity index (χ0) is 8.48. The molecule has 0 aromatic heterocycles. The van der Waals surface area contributed by atoms with Crippen LogP contribution in [0.1, 0.15) is 12.8 Å². The topological polar surface area (TPSA) is 18.5 Å². The molecule has 2 atom stereocenters. The third-order valence-corrected chi connectivity index (χ3v) is 1.74. The van der Waals surface area contributed by atoms with Crippen LogP contribution in [-0.2, 0) is 9.47 Å². The van der Waals surface area contributed by atoms with Crippen molar-refractivity contribution in [1.82, 2.24) is 0 Å².